The maximum absolute atomic E-state index is 12.6. The van der Waals surface area contributed by atoms with E-state index in [1.54, 1.807) is 43.1 Å². The molecule has 2 heterocycles. The zero-order valence-electron chi connectivity index (χ0n) is 16.9. The smallest absolute Gasteiger partial charge is 0.341 e. The summed E-state index contributed by atoms with van der Waals surface area (Å²) in [6.07, 6.45) is 4.92. The lowest BCUT2D eigenvalue weighted by atomic mass is 10.1. The lowest BCUT2D eigenvalue weighted by Crippen LogP contribution is -2.09. The summed E-state index contributed by atoms with van der Waals surface area (Å²) >= 11 is 0. The number of hydrogen-bond donors (Lipinski definition) is 1. The fraction of sp³-hybridized carbons (Fsp3) is 0.136. The quantitative estimate of drug-likeness (QED) is 0.278. The molecule has 0 aliphatic heterocycles. The number of carbonyl (C=O) groups excluding carboxylic acids is 1. The van der Waals surface area contributed by atoms with E-state index in [-0.39, 0.29) is 17.9 Å². The van der Waals surface area contributed by atoms with Crippen LogP contribution in [0.3, 0.4) is 0 Å². The first-order valence-electron chi connectivity index (χ1n) is 9.60. The first-order chi connectivity index (χ1) is 15.0. The normalized spacial score (nSPS) is 10.8. The van der Waals surface area contributed by atoms with Crippen molar-refractivity contribution in [3.63, 3.8) is 0 Å². The molecule has 0 bridgehead atoms. The molecule has 0 radical (unpaired) electrons. The largest absolute Gasteiger partial charge is 0.462 e. The number of pyridine rings is 1. The van der Waals surface area contributed by atoms with Crippen molar-refractivity contribution in [1.82, 2.24) is 14.8 Å². The number of carbonyl (C=O) groups is 1. The van der Waals surface area contributed by atoms with Gasteiger partial charge in [0.1, 0.15) is 5.56 Å². The van der Waals surface area contributed by atoms with Gasteiger partial charge in [-0.2, -0.15) is 5.10 Å². The van der Waals surface area contributed by atoms with Crippen LogP contribution in [0.25, 0.3) is 16.6 Å². The van der Waals surface area contributed by atoms with Crippen molar-refractivity contribution in [3.8, 4) is 5.69 Å². The Morgan fingerprint density at radius 3 is 2.81 bits per heavy atom. The predicted molar refractivity (Wildman–Crippen MR) is 116 cm³/mol. The van der Waals surface area contributed by atoms with Crippen LogP contribution >= 0.6 is 0 Å². The second kappa shape index (κ2) is 8.23. The molecule has 4 aromatic rings. The Balaban J connectivity index is 1.90. The number of esters is 1. The molecule has 1 N–H and O–H groups in total. The molecule has 0 fully saturated rings. The van der Waals surface area contributed by atoms with Crippen molar-refractivity contribution < 1.29 is 14.5 Å². The number of aromatic nitrogens is 3. The van der Waals surface area contributed by atoms with Gasteiger partial charge in [0.25, 0.3) is 5.69 Å². The second-order valence-electron chi connectivity index (χ2n) is 6.80. The van der Waals surface area contributed by atoms with E-state index in [2.05, 4.69) is 15.4 Å². The maximum Gasteiger partial charge on any atom is 0.341 e. The third kappa shape index (κ3) is 3.93. The second-order valence-corrected chi connectivity index (χ2v) is 6.80. The number of benzene rings is 2. The molecule has 0 unspecified atom stereocenters. The number of nitrogens with zero attached hydrogens (tertiary/aromatic N) is 4. The lowest BCUT2D eigenvalue weighted by Gasteiger charge is -2.15. The third-order valence-corrected chi connectivity index (χ3v) is 4.79. The zero-order chi connectivity index (χ0) is 22.0. The number of ether oxygens (including phenoxy) is 1. The van der Waals surface area contributed by atoms with Crippen LogP contribution in [0, 0.1) is 17.0 Å². The predicted octanol–water partition coefficient (Wildman–Crippen LogP) is 4.56. The number of rotatable bonds is 6. The van der Waals surface area contributed by atoms with Crippen LogP contribution in [-0.4, -0.2) is 32.3 Å². The molecular weight excluding hydrogens is 398 g/mol. The number of fused-ring (bicyclic) bond motifs is 1. The average Bonchev–Trinajstić information content (AvgIpc) is 3.30. The molecule has 0 saturated heterocycles. The van der Waals surface area contributed by atoms with Gasteiger partial charge >= 0.3 is 5.97 Å². The van der Waals surface area contributed by atoms with E-state index in [1.165, 1.54) is 12.3 Å². The Hall–Kier alpha value is -4.27. The molecule has 0 amide bonds. The third-order valence-electron chi connectivity index (χ3n) is 4.79. The van der Waals surface area contributed by atoms with E-state index in [4.69, 9.17) is 4.74 Å². The van der Waals surface area contributed by atoms with Crippen molar-refractivity contribution in [2.24, 2.45) is 0 Å². The van der Waals surface area contributed by atoms with Gasteiger partial charge < -0.3 is 10.1 Å². The van der Waals surface area contributed by atoms with Crippen molar-refractivity contribution >= 4 is 33.9 Å². The van der Waals surface area contributed by atoms with Gasteiger partial charge in [0, 0.05) is 41.3 Å². The summed E-state index contributed by atoms with van der Waals surface area (Å²) in [7, 11) is 0. The molecule has 0 saturated carbocycles. The van der Waals surface area contributed by atoms with Gasteiger partial charge in [-0.15, -0.1) is 0 Å². The van der Waals surface area contributed by atoms with E-state index in [0.29, 0.717) is 27.8 Å². The number of nitro benzene ring substituents is 1. The Morgan fingerprint density at radius 2 is 2.10 bits per heavy atom. The highest BCUT2D eigenvalue weighted by Crippen LogP contribution is 2.33. The summed E-state index contributed by atoms with van der Waals surface area (Å²) in [4.78, 5) is 27.9. The molecule has 4 rings (SSSR count). The topological polar surface area (TPSA) is 112 Å². The number of hydrogen-bond acceptors (Lipinski definition) is 7. The highest BCUT2D eigenvalue weighted by atomic mass is 16.6. The standard InChI is InChI=1S/C22H19N5O4/c1-3-31-22(28)18-13-23-19-8-7-16(26-10-4-9-24-26)12-17(19)21(18)25-15-6-5-14(2)20(11-15)27(29)30/h4-13H,3H2,1-2H3,(H,23,25). The number of nitrogens with one attached hydrogen (secondary N) is 1. The van der Waals surface area contributed by atoms with Crippen molar-refractivity contribution in [2.45, 2.75) is 13.8 Å². The van der Waals surface area contributed by atoms with Crippen LogP contribution in [0.5, 0.6) is 0 Å². The van der Waals surface area contributed by atoms with Gasteiger partial charge in [0.05, 0.1) is 28.4 Å². The van der Waals surface area contributed by atoms with Gasteiger partial charge in [0.15, 0.2) is 0 Å². The number of aryl methyl sites for hydroxylation is 1. The molecule has 9 heteroatoms. The molecule has 0 aliphatic carbocycles. The van der Waals surface area contributed by atoms with E-state index in [9.17, 15) is 14.9 Å². The highest BCUT2D eigenvalue weighted by molar-refractivity contribution is 6.06. The Kier molecular flexibility index (Phi) is 5.31. The molecule has 156 valence electrons. The van der Waals surface area contributed by atoms with Crippen LogP contribution in [0.15, 0.2) is 61.1 Å². The van der Waals surface area contributed by atoms with Gasteiger partial charge in [-0.1, -0.05) is 6.07 Å². The summed E-state index contributed by atoms with van der Waals surface area (Å²) in [5.41, 5.74) is 3.11. The first kappa shape index (κ1) is 20.0. The molecule has 9 nitrogen and oxygen atoms in total. The van der Waals surface area contributed by atoms with Crippen molar-refractivity contribution in [1.29, 1.82) is 0 Å². The summed E-state index contributed by atoms with van der Waals surface area (Å²) < 4.78 is 6.89. The SMILES string of the molecule is CCOC(=O)c1cnc2ccc(-n3cccn3)cc2c1Nc1ccc(C)c([N+](=O)[O-])c1. The minimum Gasteiger partial charge on any atom is -0.462 e. The maximum atomic E-state index is 12.6. The Bertz CT molecular complexity index is 1280. The van der Waals surface area contributed by atoms with Crippen molar-refractivity contribution in [2.75, 3.05) is 11.9 Å². The lowest BCUT2D eigenvalue weighted by molar-refractivity contribution is -0.385. The molecule has 0 aliphatic rings. The first-order valence-corrected chi connectivity index (χ1v) is 9.60. The molecule has 0 spiro atoms. The minimum atomic E-state index is -0.537. The molecule has 0 atom stereocenters. The van der Waals surface area contributed by atoms with Crippen LogP contribution in [0.1, 0.15) is 22.8 Å². The molecule has 31 heavy (non-hydrogen) atoms. The van der Waals surface area contributed by atoms with E-state index >= 15 is 0 Å². The van der Waals surface area contributed by atoms with E-state index in [0.717, 1.165) is 5.69 Å². The summed E-state index contributed by atoms with van der Waals surface area (Å²) in [6.45, 7) is 3.60. The Morgan fingerprint density at radius 1 is 1.26 bits per heavy atom. The van der Waals surface area contributed by atoms with Crippen LogP contribution in [0.2, 0.25) is 0 Å². The zero-order valence-corrected chi connectivity index (χ0v) is 16.9. The number of nitro groups is 1. The average molecular weight is 417 g/mol. The summed E-state index contributed by atoms with van der Waals surface area (Å²) in [6, 6.07) is 12.2. The summed E-state index contributed by atoms with van der Waals surface area (Å²) in [5, 5.41) is 19.4. The monoisotopic (exact) mass is 417 g/mol. The van der Waals surface area contributed by atoms with Crippen LogP contribution in [-0.2, 0) is 4.74 Å². The van der Waals surface area contributed by atoms with Gasteiger partial charge in [0.2, 0.25) is 0 Å². The molecule has 2 aromatic heterocycles. The molecule has 2 aromatic carbocycles. The van der Waals surface area contributed by atoms with Crippen LogP contribution < -0.4 is 5.32 Å². The van der Waals surface area contributed by atoms with E-state index < -0.39 is 10.9 Å². The van der Waals surface area contributed by atoms with Gasteiger partial charge in [-0.05, 0) is 44.2 Å². The number of anilines is 2. The Labute approximate surface area is 177 Å². The summed E-state index contributed by atoms with van der Waals surface area (Å²) in [5.74, 6) is -0.537. The fourth-order valence-electron chi connectivity index (χ4n) is 3.27. The van der Waals surface area contributed by atoms with Crippen LogP contribution in [0.4, 0.5) is 17.1 Å². The minimum absolute atomic E-state index is 0.0155. The molecular formula is C22H19N5O4. The van der Waals surface area contributed by atoms with Crippen molar-refractivity contribution in [3.05, 3.63) is 82.3 Å². The van der Waals surface area contributed by atoms with Gasteiger partial charge in [-0.3, -0.25) is 15.1 Å². The van der Waals surface area contributed by atoms with Gasteiger partial charge in [-0.25, -0.2) is 9.48 Å². The fourth-order valence-corrected chi connectivity index (χ4v) is 3.27. The highest BCUT2D eigenvalue weighted by Gasteiger charge is 2.19. The van der Waals surface area contributed by atoms with E-state index in [1.807, 2.05) is 24.3 Å².